The minimum absolute atomic E-state index is 0.00175. The molecule has 3 aromatic carbocycles. The molecular formula is C31H36Cl2N2ORu. The standard InChI is InChI=1S/C21H26N2.C10H10Cl2O.Ru/c1-16(2)18-9-5-7-11-20(18)22-13-14-23(15-22)21-12-8-6-10-19(21)17(3)4;1-6(2)13-10-7(3)4-5-8(11)9(10)12;/h5-12,16-17H,13-14H2,1-4H3;3-6H,1-2H3;. The van der Waals surface area contributed by atoms with E-state index in [0.29, 0.717) is 27.6 Å². The molecule has 3 nitrogen and oxygen atoms in total. The van der Waals surface area contributed by atoms with E-state index in [2.05, 4.69) is 90.6 Å². The third-order valence-electron chi connectivity index (χ3n) is 6.36. The van der Waals surface area contributed by atoms with Crippen LogP contribution in [0.25, 0.3) is 0 Å². The quantitative estimate of drug-likeness (QED) is 0.246. The number of benzene rings is 3. The van der Waals surface area contributed by atoms with Crippen LogP contribution in [0, 0.1) is 0 Å². The summed E-state index contributed by atoms with van der Waals surface area (Å²) >= 11 is 12.6. The maximum absolute atomic E-state index is 6.60. The fraction of sp³-hybridized carbons (Fsp3) is 0.355. The second-order valence-electron chi connectivity index (χ2n) is 10.1. The predicted molar refractivity (Wildman–Crippen MR) is 158 cm³/mol. The molecule has 1 aliphatic rings. The normalized spacial score (nSPS) is 13.9. The molecule has 1 aliphatic heterocycles. The van der Waals surface area contributed by atoms with Crippen molar-refractivity contribution in [1.29, 1.82) is 0 Å². The van der Waals surface area contributed by atoms with E-state index in [4.69, 9.17) is 27.9 Å². The maximum atomic E-state index is 6.60. The molecule has 198 valence electrons. The molecule has 0 atom stereocenters. The van der Waals surface area contributed by atoms with Gasteiger partial charge in [-0.15, -0.1) is 0 Å². The Morgan fingerprint density at radius 2 is 1.27 bits per heavy atom. The summed E-state index contributed by atoms with van der Waals surface area (Å²) < 4.78 is 9.78. The second-order valence-corrected chi connectivity index (χ2v) is 12.7. The zero-order valence-electron chi connectivity index (χ0n) is 22.4. The van der Waals surface area contributed by atoms with Crippen molar-refractivity contribution in [2.24, 2.45) is 0 Å². The zero-order valence-corrected chi connectivity index (χ0v) is 25.7. The van der Waals surface area contributed by atoms with Gasteiger partial charge in [-0.05, 0) is 0 Å². The minimum atomic E-state index is -0.324. The average Bonchev–Trinajstić information content (AvgIpc) is 3.29. The summed E-state index contributed by atoms with van der Waals surface area (Å²) in [4.78, 5) is 5.06. The average molecular weight is 625 g/mol. The third kappa shape index (κ3) is 6.19. The molecule has 0 saturated carbocycles. The van der Waals surface area contributed by atoms with Crippen LogP contribution in [0.3, 0.4) is 0 Å². The first-order valence-corrected chi connectivity index (χ1v) is 15.5. The van der Waals surface area contributed by atoms with Crippen molar-refractivity contribution >= 4 is 43.5 Å². The van der Waals surface area contributed by atoms with Crippen LogP contribution < -0.4 is 14.5 Å². The molecule has 37 heavy (non-hydrogen) atoms. The Bertz CT molecular complexity index is 1270. The van der Waals surface area contributed by atoms with Gasteiger partial charge < -0.3 is 0 Å². The van der Waals surface area contributed by atoms with Crippen molar-refractivity contribution in [2.75, 3.05) is 22.9 Å². The molecule has 0 aromatic heterocycles. The van der Waals surface area contributed by atoms with Gasteiger partial charge in [0.1, 0.15) is 0 Å². The van der Waals surface area contributed by atoms with Gasteiger partial charge in [0.05, 0.1) is 0 Å². The van der Waals surface area contributed by atoms with Crippen LogP contribution in [0.15, 0.2) is 60.7 Å². The first-order chi connectivity index (χ1) is 17.7. The van der Waals surface area contributed by atoms with Gasteiger partial charge in [0.25, 0.3) is 0 Å². The number of rotatable bonds is 7. The van der Waals surface area contributed by atoms with Crippen molar-refractivity contribution in [3.05, 3.63) is 87.4 Å². The van der Waals surface area contributed by atoms with Crippen molar-refractivity contribution in [1.82, 2.24) is 0 Å². The Balaban J connectivity index is 1.92. The summed E-state index contributed by atoms with van der Waals surface area (Å²) in [6, 6.07) is 21.5. The Morgan fingerprint density at radius 3 is 1.76 bits per heavy atom. The van der Waals surface area contributed by atoms with Gasteiger partial charge in [-0.2, -0.15) is 0 Å². The molecule has 1 heterocycles. The summed E-state index contributed by atoms with van der Waals surface area (Å²) in [5.74, 6) is 1.55. The molecule has 0 N–H and O–H groups in total. The molecule has 0 aliphatic carbocycles. The SMILES string of the molecule is CC(C)Oc1c([CH]=[Ru]=[C]2N(c3ccccc3C(C)C)CCN2c2ccccc2C(C)C)ccc(Cl)c1Cl. The van der Waals surface area contributed by atoms with E-state index in [1.54, 1.807) is 0 Å². The molecule has 6 heteroatoms. The molecule has 0 amide bonds. The summed E-state index contributed by atoms with van der Waals surface area (Å²) in [5.41, 5.74) is 6.34. The number of anilines is 2. The summed E-state index contributed by atoms with van der Waals surface area (Å²) in [6.07, 6.45) is 0.00175. The molecule has 0 radical (unpaired) electrons. The van der Waals surface area contributed by atoms with Crippen LogP contribution in [0.5, 0.6) is 5.75 Å². The van der Waals surface area contributed by atoms with Gasteiger partial charge in [-0.3, -0.25) is 0 Å². The number of para-hydroxylation sites is 2. The Morgan fingerprint density at radius 1 is 0.757 bits per heavy atom. The molecule has 1 fully saturated rings. The number of ether oxygens (including phenoxy) is 1. The number of hydrogen-bond acceptors (Lipinski definition) is 3. The van der Waals surface area contributed by atoms with Crippen LogP contribution in [0.1, 0.15) is 70.1 Å². The first-order valence-electron chi connectivity index (χ1n) is 12.9. The molecule has 3 aromatic rings. The van der Waals surface area contributed by atoms with E-state index in [0.717, 1.165) is 18.7 Å². The van der Waals surface area contributed by atoms with Gasteiger partial charge in [0, 0.05) is 0 Å². The van der Waals surface area contributed by atoms with E-state index < -0.39 is 0 Å². The fourth-order valence-corrected chi connectivity index (χ4v) is 7.20. The van der Waals surface area contributed by atoms with E-state index in [9.17, 15) is 0 Å². The molecule has 0 bridgehead atoms. The summed E-state index contributed by atoms with van der Waals surface area (Å²) in [7, 11) is 0. The van der Waals surface area contributed by atoms with Crippen molar-refractivity contribution in [2.45, 2.75) is 59.5 Å². The number of nitrogens with zero attached hydrogens (tertiary/aromatic N) is 2. The third-order valence-corrected chi connectivity index (χ3v) is 9.33. The van der Waals surface area contributed by atoms with Crippen LogP contribution in [-0.2, 0) is 16.2 Å². The number of hydrogen-bond donors (Lipinski definition) is 0. The van der Waals surface area contributed by atoms with Crippen LogP contribution in [0.4, 0.5) is 11.4 Å². The molecule has 1 saturated heterocycles. The monoisotopic (exact) mass is 624 g/mol. The van der Waals surface area contributed by atoms with Crippen molar-refractivity contribution < 1.29 is 21.0 Å². The molecule has 0 spiro atoms. The van der Waals surface area contributed by atoms with E-state index in [-0.39, 0.29) is 22.3 Å². The second kappa shape index (κ2) is 12.2. The van der Waals surface area contributed by atoms with E-state index >= 15 is 0 Å². The van der Waals surface area contributed by atoms with Crippen LogP contribution in [-0.4, -0.2) is 28.2 Å². The van der Waals surface area contributed by atoms with E-state index in [1.807, 2.05) is 26.0 Å². The van der Waals surface area contributed by atoms with Gasteiger partial charge in [0.2, 0.25) is 0 Å². The fourth-order valence-electron chi connectivity index (χ4n) is 4.60. The van der Waals surface area contributed by atoms with Crippen LogP contribution >= 0.6 is 23.2 Å². The predicted octanol–water partition coefficient (Wildman–Crippen LogP) is 8.37. The molecular weight excluding hydrogens is 588 g/mol. The first kappa shape index (κ1) is 28.0. The Kier molecular flexibility index (Phi) is 9.27. The van der Waals surface area contributed by atoms with Gasteiger partial charge in [-0.25, -0.2) is 0 Å². The number of halogens is 2. The van der Waals surface area contributed by atoms with E-state index in [1.165, 1.54) is 26.9 Å². The molecule has 4 rings (SSSR count). The molecule has 0 unspecified atom stereocenters. The van der Waals surface area contributed by atoms with Crippen molar-refractivity contribution in [3.8, 4) is 5.75 Å². The Labute approximate surface area is 239 Å². The van der Waals surface area contributed by atoms with Crippen LogP contribution in [0.2, 0.25) is 10.0 Å². The zero-order chi connectivity index (χ0) is 26.7. The Hall–Kier alpha value is -2.00. The van der Waals surface area contributed by atoms with Crippen molar-refractivity contribution in [3.63, 3.8) is 0 Å². The van der Waals surface area contributed by atoms with Gasteiger partial charge >= 0.3 is 240 Å². The topological polar surface area (TPSA) is 15.7 Å². The van der Waals surface area contributed by atoms with Gasteiger partial charge in [0.15, 0.2) is 0 Å². The summed E-state index contributed by atoms with van der Waals surface area (Å²) in [5, 5.41) is 0.990. The summed E-state index contributed by atoms with van der Waals surface area (Å²) in [6.45, 7) is 15.0. The van der Waals surface area contributed by atoms with Gasteiger partial charge in [-0.1, -0.05) is 0 Å².